The van der Waals surface area contributed by atoms with E-state index < -0.39 is 9.71 Å². The summed E-state index contributed by atoms with van der Waals surface area (Å²) in [7, 11) is -2.42. The topological polar surface area (TPSA) is 78.9 Å². The second-order valence-electron chi connectivity index (χ2n) is 8.34. The van der Waals surface area contributed by atoms with Crippen LogP contribution in [0.1, 0.15) is 30.7 Å². The molecule has 3 aromatic rings. The maximum atomic E-state index is 11.8. The van der Waals surface area contributed by atoms with Crippen LogP contribution >= 0.6 is 23.2 Å². The number of aromatic nitrogens is 2. The molecule has 0 spiro atoms. The highest BCUT2D eigenvalue weighted by molar-refractivity contribution is 8.00. The van der Waals surface area contributed by atoms with Gasteiger partial charge in [-0.1, -0.05) is 43.6 Å². The maximum absolute atomic E-state index is 11.8. The van der Waals surface area contributed by atoms with Crippen LogP contribution < -0.4 is 15.4 Å². The molecule has 3 rings (SSSR count). The maximum Gasteiger partial charge on any atom is 0.234 e. The highest BCUT2D eigenvalue weighted by atomic mass is 35.5. The van der Waals surface area contributed by atoms with E-state index in [9.17, 15) is 4.21 Å². The van der Waals surface area contributed by atoms with E-state index in [4.69, 9.17) is 23.2 Å². The van der Waals surface area contributed by atoms with Crippen molar-refractivity contribution in [1.82, 2.24) is 9.97 Å². The van der Waals surface area contributed by atoms with E-state index in [1.807, 2.05) is 30.3 Å². The molecule has 9 heteroatoms. The van der Waals surface area contributed by atoms with Crippen molar-refractivity contribution in [3.8, 4) is 0 Å². The first-order valence-electron chi connectivity index (χ1n) is 10.4. The summed E-state index contributed by atoms with van der Waals surface area (Å²) in [5.41, 5.74) is 4.71. The van der Waals surface area contributed by atoms with Gasteiger partial charge in [0.15, 0.2) is 0 Å². The van der Waals surface area contributed by atoms with Gasteiger partial charge in [0.1, 0.15) is 0 Å². The van der Waals surface area contributed by atoms with Gasteiger partial charge in [-0.05, 0) is 47.3 Å². The summed E-state index contributed by atoms with van der Waals surface area (Å²) in [6, 6.07) is 16.2. The van der Waals surface area contributed by atoms with Gasteiger partial charge in [0.25, 0.3) is 0 Å². The van der Waals surface area contributed by atoms with Gasteiger partial charge in [0, 0.05) is 45.7 Å². The third-order valence-electron chi connectivity index (χ3n) is 5.20. The Bertz CT molecular complexity index is 1200. The van der Waals surface area contributed by atoms with Crippen molar-refractivity contribution in [3.63, 3.8) is 0 Å². The molecule has 1 unspecified atom stereocenters. The molecule has 0 aliphatic carbocycles. The number of benzene rings is 2. The largest absolute Gasteiger partial charge is 0.383 e. The molecule has 33 heavy (non-hydrogen) atoms. The molecule has 0 bridgehead atoms. The molecule has 3 N–H and O–H groups in total. The van der Waals surface area contributed by atoms with Crippen molar-refractivity contribution in [2.75, 3.05) is 34.0 Å². The molecule has 0 aliphatic heterocycles. The Balaban J connectivity index is 1.68. The van der Waals surface area contributed by atoms with E-state index in [0.29, 0.717) is 29.9 Å². The average Bonchev–Trinajstić information content (AvgIpc) is 2.76. The number of hydrogen-bond acceptors (Lipinski definition) is 5. The van der Waals surface area contributed by atoms with E-state index in [1.165, 1.54) is 11.8 Å². The lowest BCUT2D eigenvalue weighted by molar-refractivity contribution is 0.641. The van der Waals surface area contributed by atoms with Gasteiger partial charge in [0.2, 0.25) is 5.95 Å². The van der Waals surface area contributed by atoms with Crippen molar-refractivity contribution in [1.29, 1.82) is 0 Å². The van der Waals surface area contributed by atoms with E-state index in [0.717, 1.165) is 22.6 Å². The third kappa shape index (κ3) is 7.00. The number of nitrogens with one attached hydrogen (secondary N) is 3. The first kappa shape index (κ1) is 25.1. The molecule has 2 aromatic carbocycles. The van der Waals surface area contributed by atoms with Gasteiger partial charge < -0.3 is 10.6 Å². The molecule has 6 nitrogen and oxygen atoms in total. The predicted molar refractivity (Wildman–Crippen MR) is 143 cm³/mol. The van der Waals surface area contributed by atoms with Crippen molar-refractivity contribution in [2.45, 2.75) is 25.8 Å². The van der Waals surface area contributed by atoms with Crippen molar-refractivity contribution >= 4 is 56.1 Å². The second kappa shape index (κ2) is 10.6. The predicted octanol–water partition coefficient (Wildman–Crippen LogP) is 5.39. The van der Waals surface area contributed by atoms with Crippen molar-refractivity contribution in [2.24, 2.45) is 0 Å². The zero-order valence-electron chi connectivity index (χ0n) is 19.0. The molecule has 1 heterocycles. The Morgan fingerprint density at radius 3 is 2.39 bits per heavy atom. The lowest BCUT2D eigenvalue weighted by Crippen LogP contribution is -2.19. The molecule has 0 fully saturated rings. The Hall–Kier alpha value is -2.48. The van der Waals surface area contributed by atoms with Crippen LogP contribution in [-0.2, 0) is 21.7 Å². The minimum Gasteiger partial charge on any atom is -0.383 e. The van der Waals surface area contributed by atoms with Crippen LogP contribution in [0.15, 0.2) is 54.7 Å². The number of hydrogen-bond donors (Lipinski definition) is 3. The standard InChI is InChI=1S/C24H29Cl2N5OS/c1-24(2,18-7-10-22(21(26)15-18)27-14-12-25)17-5-8-19(9-6-17)29-16-20-11-13-28-23(30-20)31-33(3,4)32/h5-11,13,15,27,29H,3,12,14,16H2,1-2,4H3,(H,28,30,31,32). The number of nitrogens with zero attached hydrogens (tertiary/aromatic N) is 2. The molecule has 1 aromatic heterocycles. The monoisotopic (exact) mass is 505 g/mol. The molecule has 176 valence electrons. The quantitative estimate of drug-likeness (QED) is 0.254. The van der Waals surface area contributed by atoms with Crippen LogP contribution in [0.5, 0.6) is 0 Å². The van der Waals surface area contributed by atoms with Gasteiger partial charge in [0.05, 0.1) is 22.9 Å². The highest BCUT2D eigenvalue weighted by Gasteiger charge is 2.24. The van der Waals surface area contributed by atoms with E-state index in [1.54, 1.807) is 6.20 Å². The Kier molecular flexibility index (Phi) is 8.10. The Labute approximate surface area is 206 Å². The van der Waals surface area contributed by atoms with E-state index in [-0.39, 0.29) is 5.41 Å². The molecule has 0 saturated heterocycles. The van der Waals surface area contributed by atoms with Crippen LogP contribution in [0.2, 0.25) is 5.02 Å². The van der Waals surface area contributed by atoms with Crippen LogP contribution in [-0.4, -0.2) is 38.7 Å². The van der Waals surface area contributed by atoms with Gasteiger partial charge in [-0.3, -0.25) is 4.72 Å². The zero-order valence-corrected chi connectivity index (χ0v) is 21.3. The van der Waals surface area contributed by atoms with Crippen LogP contribution in [0.3, 0.4) is 0 Å². The Morgan fingerprint density at radius 2 is 1.76 bits per heavy atom. The highest BCUT2D eigenvalue weighted by Crippen LogP contribution is 2.35. The average molecular weight is 507 g/mol. The van der Waals surface area contributed by atoms with Crippen LogP contribution in [0.25, 0.3) is 0 Å². The normalized spacial score (nSPS) is 13.2. The third-order valence-corrected chi connectivity index (χ3v) is 6.32. The van der Waals surface area contributed by atoms with Crippen molar-refractivity contribution < 1.29 is 4.21 Å². The lowest BCUT2D eigenvalue weighted by Gasteiger charge is -2.27. The second-order valence-corrected chi connectivity index (χ2v) is 11.3. The number of halogens is 2. The summed E-state index contributed by atoms with van der Waals surface area (Å²) in [4.78, 5) is 8.46. The summed E-state index contributed by atoms with van der Waals surface area (Å²) < 4.78 is 14.5. The van der Waals surface area contributed by atoms with Crippen LogP contribution in [0, 0.1) is 0 Å². The zero-order chi connectivity index (χ0) is 24.1. The van der Waals surface area contributed by atoms with Gasteiger partial charge >= 0.3 is 0 Å². The lowest BCUT2D eigenvalue weighted by atomic mass is 9.78. The summed E-state index contributed by atoms with van der Waals surface area (Å²) in [5.74, 6) is 4.39. The van der Waals surface area contributed by atoms with Gasteiger partial charge in [-0.15, -0.1) is 11.6 Å². The number of alkyl halides is 1. The fraction of sp³-hybridized carbons (Fsp3) is 0.292. The molecule has 1 atom stereocenters. The molecule has 0 aliphatic rings. The number of anilines is 3. The minimum atomic E-state index is -2.42. The first-order chi connectivity index (χ1) is 15.6. The summed E-state index contributed by atoms with van der Waals surface area (Å²) in [5, 5.41) is 7.27. The smallest absolute Gasteiger partial charge is 0.234 e. The molecule has 0 amide bonds. The fourth-order valence-corrected chi connectivity index (χ4v) is 4.16. The fourth-order valence-electron chi connectivity index (χ4n) is 3.33. The van der Waals surface area contributed by atoms with Gasteiger partial charge in [-0.2, -0.15) is 0 Å². The SMILES string of the molecule is C=S(C)(=O)Nc1nccc(CNc2ccc(C(C)(C)c3ccc(NCCCl)c(Cl)c3)cc2)n1. The first-order valence-corrected chi connectivity index (χ1v) is 13.5. The molecular formula is C24H29Cl2N5OS. The summed E-state index contributed by atoms with van der Waals surface area (Å²) in [6.45, 7) is 5.53. The summed E-state index contributed by atoms with van der Waals surface area (Å²) in [6.07, 6.45) is 3.13. The van der Waals surface area contributed by atoms with Crippen LogP contribution in [0.4, 0.5) is 17.3 Å². The van der Waals surface area contributed by atoms with Gasteiger partial charge in [-0.25, -0.2) is 14.2 Å². The molecule has 0 saturated carbocycles. The number of rotatable bonds is 10. The minimum absolute atomic E-state index is 0.220. The molecular weight excluding hydrogens is 477 g/mol. The molecule has 0 radical (unpaired) electrons. The van der Waals surface area contributed by atoms with E-state index >= 15 is 0 Å². The summed E-state index contributed by atoms with van der Waals surface area (Å²) >= 11 is 12.2. The Morgan fingerprint density at radius 1 is 1.06 bits per heavy atom. The van der Waals surface area contributed by atoms with Crippen molar-refractivity contribution in [3.05, 3.63) is 76.6 Å². The van der Waals surface area contributed by atoms with E-state index in [2.05, 4.69) is 63.2 Å².